The zero-order valence-electron chi connectivity index (χ0n) is 8.72. The van der Waals surface area contributed by atoms with E-state index in [9.17, 15) is 4.79 Å². The van der Waals surface area contributed by atoms with Gasteiger partial charge in [-0.3, -0.25) is 0 Å². The minimum atomic E-state index is -0.345. The summed E-state index contributed by atoms with van der Waals surface area (Å²) in [6, 6.07) is 1.73. The van der Waals surface area contributed by atoms with Gasteiger partial charge in [-0.2, -0.15) is 0 Å². The minimum Gasteiger partial charge on any atom is -0.465 e. The van der Waals surface area contributed by atoms with Gasteiger partial charge in [-0.05, 0) is 20.0 Å². The van der Waals surface area contributed by atoms with Gasteiger partial charge in [-0.1, -0.05) is 0 Å². The van der Waals surface area contributed by atoms with Crippen molar-refractivity contribution >= 4 is 5.97 Å². The number of carbonyl (C=O) groups excluding carboxylic acids is 1. The molecule has 1 aromatic rings. The highest BCUT2D eigenvalue weighted by molar-refractivity contribution is 5.90. The average Bonchev–Trinajstić information content (AvgIpc) is 2.55. The van der Waals surface area contributed by atoms with Crippen LogP contribution < -0.4 is 5.32 Å². The molecule has 14 heavy (non-hydrogen) atoms. The first-order valence-corrected chi connectivity index (χ1v) is 4.51. The predicted molar refractivity (Wildman–Crippen MR) is 52.4 cm³/mol. The van der Waals surface area contributed by atoms with E-state index in [2.05, 4.69) is 10.1 Å². The summed E-state index contributed by atoms with van der Waals surface area (Å²) in [5.74, 6) is 1.07. The van der Waals surface area contributed by atoms with Crippen LogP contribution in [0.3, 0.4) is 0 Å². The summed E-state index contributed by atoms with van der Waals surface area (Å²) < 4.78 is 10.0. The maximum absolute atomic E-state index is 11.2. The molecule has 0 bridgehead atoms. The molecule has 1 heterocycles. The first kappa shape index (κ1) is 10.8. The van der Waals surface area contributed by atoms with Crippen molar-refractivity contribution in [2.75, 3.05) is 20.7 Å². The van der Waals surface area contributed by atoms with Crippen LogP contribution in [-0.2, 0) is 11.2 Å². The number of hydrogen-bond donors (Lipinski definition) is 1. The lowest BCUT2D eigenvalue weighted by Crippen LogP contribution is -2.09. The van der Waals surface area contributed by atoms with Crippen LogP contribution in [0.15, 0.2) is 10.5 Å². The Morgan fingerprint density at radius 1 is 1.64 bits per heavy atom. The number of esters is 1. The standard InChI is InChI=1S/C10H15NO3/c1-7-9(10(12)13-3)6-8(14-7)4-5-11-2/h6,11H,4-5H2,1-3H3. The van der Waals surface area contributed by atoms with Crippen LogP contribution in [0.5, 0.6) is 0 Å². The van der Waals surface area contributed by atoms with Gasteiger partial charge in [-0.25, -0.2) is 4.79 Å². The van der Waals surface area contributed by atoms with Crippen molar-refractivity contribution in [2.45, 2.75) is 13.3 Å². The molecule has 0 fully saturated rings. The summed E-state index contributed by atoms with van der Waals surface area (Å²) in [6.45, 7) is 2.59. The summed E-state index contributed by atoms with van der Waals surface area (Å²) in [5.41, 5.74) is 0.513. The van der Waals surface area contributed by atoms with Gasteiger partial charge in [0.2, 0.25) is 0 Å². The summed E-state index contributed by atoms with van der Waals surface area (Å²) in [4.78, 5) is 11.2. The van der Waals surface area contributed by atoms with Crippen LogP contribution in [0.2, 0.25) is 0 Å². The fourth-order valence-electron chi connectivity index (χ4n) is 1.23. The molecule has 0 aromatic carbocycles. The predicted octanol–water partition coefficient (Wildman–Crippen LogP) is 1.14. The summed E-state index contributed by atoms with van der Waals surface area (Å²) >= 11 is 0. The highest BCUT2D eigenvalue weighted by atomic mass is 16.5. The second-order valence-corrected chi connectivity index (χ2v) is 3.03. The molecule has 4 heteroatoms. The van der Waals surface area contributed by atoms with E-state index in [1.165, 1.54) is 7.11 Å². The van der Waals surface area contributed by atoms with Crippen molar-refractivity contribution in [3.8, 4) is 0 Å². The van der Waals surface area contributed by atoms with Gasteiger partial charge in [0.1, 0.15) is 17.1 Å². The van der Waals surface area contributed by atoms with Gasteiger partial charge in [-0.15, -0.1) is 0 Å². The lowest BCUT2D eigenvalue weighted by atomic mass is 10.2. The number of furan rings is 1. The number of likely N-dealkylation sites (N-methyl/N-ethyl adjacent to an activating group) is 1. The molecule has 0 atom stereocenters. The SMILES string of the molecule is CNCCc1cc(C(=O)OC)c(C)o1. The number of rotatable bonds is 4. The Morgan fingerprint density at radius 3 is 2.93 bits per heavy atom. The topological polar surface area (TPSA) is 51.5 Å². The van der Waals surface area contributed by atoms with E-state index in [4.69, 9.17) is 4.42 Å². The van der Waals surface area contributed by atoms with Gasteiger partial charge in [0, 0.05) is 13.0 Å². The molecule has 78 valence electrons. The van der Waals surface area contributed by atoms with E-state index in [0.717, 1.165) is 18.7 Å². The van der Waals surface area contributed by atoms with Crippen LogP contribution in [-0.4, -0.2) is 26.7 Å². The first-order valence-electron chi connectivity index (χ1n) is 4.51. The molecule has 0 spiro atoms. The third-order valence-corrected chi connectivity index (χ3v) is 2.00. The Labute approximate surface area is 83.2 Å². The highest BCUT2D eigenvalue weighted by Gasteiger charge is 2.14. The molecule has 0 saturated carbocycles. The van der Waals surface area contributed by atoms with Crippen molar-refractivity contribution in [1.29, 1.82) is 0 Å². The lowest BCUT2D eigenvalue weighted by Gasteiger charge is -1.93. The largest absolute Gasteiger partial charge is 0.465 e. The molecule has 4 nitrogen and oxygen atoms in total. The Kier molecular flexibility index (Phi) is 3.71. The van der Waals surface area contributed by atoms with E-state index in [1.807, 2.05) is 7.05 Å². The lowest BCUT2D eigenvalue weighted by molar-refractivity contribution is 0.0599. The maximum atomic E-state index is 11.2. The second-order valence-electron chi connectivity index (χ2n) is 3.03. The normalized spacial score (nSPS) is 10.2. The number of methoxy groups -OCH3 is 1. The molecule has 0 amide bonds. The minimum absolute atomic E-state index is 0.345. The Morgan fingerprint density at radius 2 is 2.36 bits per heavy atom. The quantitative estimate of drug-likeness (QED) is 0.735. The van der Waals surface area contributed by atoms with Crippen molar-refractivity contribution in [1.82, 2.24) is 5.32 Å². The molecular weight excluding hydrogens is 182 g/mol. The smallest absolute Gasteiger partial charge is 0.341 e. The van der Waals surface area contributed by atoms with Crippen LogP contribution >= 0.6 is 0 Å². The van der Waals surface area contributed by atoms with Gasteiger partial charge in [0.25, 0.3) is 0 Å². The van der Waals surface area contributed by atoms with Crippen molar-refractivity contribution in [3.05, 3.63) is 23.2 Å². The second kappa shape index (κ2) is 4.81. The van der Waals surface area contributed by atoms with E-state index in [1.54, 1.807) is 13.0 Å². The van der Waals surface area contributed by atoms with Crippen LogP contribution in [0.4, 0.5) is 0 Å². The molecule has 0 aliphatic rings. The number of carbonyl (C=O) groups is 1. The molecule has 0 aliphatic carbocycles. The van der Waals surface area contributed by atoms with Crippen LogP contribution in [0.1, 0.15) is 21.9 Å². The van der Waals surface area contributed by atoms with Gasteiger partial charge < -0.3 is 14.5 Å². The van der Waals surface area contributed by atoms with Gasteiger partial charge >= 0.3 is 5.97 Å². The highest BCUT2D eigenvalue weighted by Crippen LogP contribution is 2.15. The molecule has 0 aliphatic heterocycles. The third-order valence-electron chi connectivity index (χ3n) is 2.00. The maximum Gasteiger partial charge on any atom is 0.341 e. The number of ether oxygens (including phenoxy) is 1. The van der Waals surface area contributed by atoms with E-state index >= 15 is 0 Å². The van der Waals surface area contributed by atoms with Crippen LogP contribution in [0.25, 0.3) is 0 Å². The first-order chi connectivity index (χ1) is 6.69. The summed E-state index contributed by atoms with van der Waals surface area (Å²) in [5, 5.41) is 3.01. The van der Waals surface area contributed by atoms with Crippen molar-refractivity contribution < 1.29 is 13.9 Å². The number of nitrogens with one attached hydrogen (secondary N) is 1. The van der Waals surface area contributed by atoms with E-state index < -0.39 is 0 Å². The number of hydrogen-bond acceptors (Lipinski definition) is 4. The molecular formula is C10H15NO3. The Balaban J connectivity index is 2.77. The summed E-state index contributed by atoms with van der Waals surface area (Å²) in [6.07, 6.45) is 0.772. The molecule has 0 unspecified atom stereocenters. The monoisotopic (exact) mass is 197 g/mol. The molecule has 1 aromatic heterocycles. The van der Waals surface area contributed by atoms with E-state index in [-0.39, 0.29) is 5.97 Å². The van der Waals surface area contributed by atoms with E-state index in [0.29, 0.717) is 11.3 Å². The molecule has 0 saturated heterocycles. The molecule has 1 rings (SSSR count). The van der Waals surface area contributed by atoms with Crippen LogP contribution in [0, 0.1) is 6.92 Å². The Bertz CT molecular complexity index is 317. The molecule has 0 radical (unpaired) electrons. The van der Waals surface area contributed by atoms with Crippen molar-refractivity contribution in [2.24, 2.45) is 0 Å². The van der Waals surface area contributed by atoms with Gasteiger partial charge in [0.15, 0.2) is 0 Å². The fourth-order valence-corrected chi connectivity index (χ4v) is 1.23. The molecule has 1 N–H and O–H groups in total. The average molecular weight is 197 g/mol. The van der Waals surface area contributed by atoms with Gasteiger partial charge in [0.05, 0.1) is 7.11 Å². The zero-order chi connectivity index (χ0) is 10.6. The fraction of sp³-hybridized carbons (Fsp3) is 0.500. The number of aryl methyl sites for hydroxylation is 1. The zero-order valence-corrected chi connectivity index (χ0v) is 8.72. The van der Waals surface area contributed by atoms with Crippen molar-refractivity contribution in [3.63, 3.8) is 0 Å². The Hall–Kier alpha value is -1.29. The third kappa shape index (κ3) is 2.35. The summed E-state index contributed by atoms with van der Waals surface area (Å²) in [7, 11) is 3.24.